The summed E-state index contributed by atoms with van der Waals surface area (Å²) in [6.07, 6.45) is 1.65. The predicted molar refractivity (Wildman–Crippen MR) is 106 cm³/mol. The molecular formula is C19H21BrClNO4. The molecule has 5 nitrogen and oxygen atoms in total. The van der Waals surface area contributed by atoms with Crippen molar-refractivity contribution in [2.75, 3.05) is 33.7 Å². The summed E-state index contributed by atoms with van der Waals surface area (Å²) in [5, 5.41) is 10.2. The summed E-state index contributed by atoms with van der Waals surface area (Å²) in [6, 6.07) is 12.7. The van der Waals surface area contributed by atoms with E-state index in [9.17, 15) is 5.11 Å². The molecule has 0 aliphatic heterocycles. The molecule has 26 heavy (non-hydrogen) atoms. The van der Waals surface area contributed by atoms with Gasteiger partial charge < -0.3 is 19.3 Å². The van der Waals surface area contributed by atoms with E-state index in [4.69, 9.17) is 25.8 Å². The Morgan fingerprint density at radius 1 is 1.23 bits per heavy atom. The Morgan fingerprint density at radius 2 is 2.00 bits per heavy atom. The number of halogens is 2. The Bertz CT molecular complexity index is 712. The summed E-state index contributed by atoms with van der Waals surface area (Å²) in [6.45, 7) is 0.908. The molecule has 0 aliphatic rings. The van der Waals surface area contributed by atoms with E-state index in [-0.39, 0.29) is 19.4 Å². The van der Waals surface area contributed by atoms with E-state index in [1.165, 1.54) is 0 Å². The van der Waals surface area contributed by atoms with Crippen LogP contribution in [0.25, 0.3) is 0 Å². The number of methoxy groups -OCH3 is 1. The van der Waals surface area contributed by atoms with Crippen molar-refractivity contribution in [2.45, 2.75) is 6.04 Å². The minimum Gasteiger partial charge on any atom is -0.466 e. The second-order valence-electron chi connectivity index (χ2n) is 5.36. The molecule has 0 bridgehead atoms. The molecule has 0 aromatic heterocycles. The van der Waals surface area contributed by atoms with Gasteiger partial charge >= 0.3 is 0 Å². The van der Waals surface area contributed by atoms with Gasteiger partial charge in [-0.2, -0.15) is 0 Å². The third kappa shape index (κ3) is 6.37. The number of ether oxygens (including phenoxy) is 3. The van der Waals surface area contributed by atoms with Gasteiger partial charge in [-0.1, -0.05) is 41.9 Å². The van der Waals surface area contributed by atoms with Crippen LogP contribution in [-0.2, 0) is 9.47 Å². The lowest BCUT2D eigenvalue weighted by molar-refractivity contribution is -0.00885. The summed E-state index contributed by atoms with van der Waals surface area (Å²) in [7, 11) is 1.61. The minimum atomic E-state index is -0.361. The highest BCUT2D eigenvalue weighted by Crippen LogP contribution is 2.32. The van der Waals surface area contributed by atoms with Crippen LogP contribution in [0.2, 0.25) is 5.02 Å². The number of hydrogen-bond acceptors (Lipinski definition) is 5. The first-order valence-electron chi connectivity index (χ1n) is 8.03. The van der Waals surface area contributed by atoms with E-state index in [0.29, 0.717) is 34.0 Å². The lowest BCUT2D eigenvalue weighted by atomic mass is 10.1. The number of aliphatic imine (C=N–C) groups is 1. The van der Waals surface area contributed by atoms with Gasteiger partial charge in [-0.05, 0) is 33.6 Å². The van der Waals surface area contributed by atoms with Crippen LogP contribution in [0, 0.1) is 0 Å². The summed E-state index contributed by atoms with van der Waals surface area (Å²) in [5.41, 5.74) is 1.62. The lowest BCUT2D eigenvalue weighted by Gasteiger charge is -2.13. The molecule has 0 amide bonds. The summed E-state index contributed by atoms with van der Waals surface area (Å²) >= 11 is 9.60. The van der Waals surface area contributed by atoms with Crippen molar-refractivity contribution in [3.05, 3.63) is 63.1 Å². The molecule has 0 aliphatic carbocycles. The second kappa shape index (κ2) is 11.3. The second-order valence-corrected chi connectivity index (χ2v) is 6.65. The molecule has 0 unspecified atom stereocenters. The van der Waals surface area contributed by atoms with E-state index < -0.39 is 0 Å². The van der Waals surface area contributed by atoms with Gasteiger partial charge in [-0.3, -0.25) is 4.99 Å². The molecule has 0 saturated carbocycles. The number of hydrogen-bond donors (Lipinski definition) is 1. The van der Waals surface area contributed by atoms with Crippen molar-refractivity contribution in [3.63, 3.8) is 0 Å². The van der Waals surface area contributed by atoms with Crippen LogP contribution < -0.4 is 4.74 Å². The molecule has 0 fully saturated rings. The number of aliphatic hydroxyl groups is 1. The van der Waals surface area contributed by atoms with Crippen molar-refractivity contribution < 1.29 is 19.3 Å². The van der Waals surface area contributed by atoms with Crippen LogP contribution in [0.3, 0.4) is 0 Å². The summed E-state index contributed by atoms with van der Waals surface area (Å²) in [4.78, 5) is 4.49. The topological polar surface area (TPSA) is 60.3 Å². The highest BCUT2D eigenvalue weighted by atomic mass is 79.9. The fourth-order valence-electron chi connectivity index (χ4n) is 2.21. The zero-order valence-corrected chi connectivity index (χ0v) is 16.7. The fourth-order valence-corrected chi connectivity index (χ4v) is 3.16. The molecule has 2 aromatic rings. The van der Waals surface area contributed by atoms with Crippen molar-refractivity contribution in [3.8, 4) is 5.75 Å². The van der Waals surface area contributed by atoms with Crippen LogP contribution >= 0.6 is 27.5 Å². The first kappa shape index (κ1) is 20.9. The zero-order chi connectivity index (χ0) is 18.8. The fraction of sp³-hybridized carbons (Fsp3) is 0.316. The average Bonchev–Trinajstić information content (AvgIpc) is 2.64. The Hall–Kier alpha value is -1.44. The predicted octanol–water partition coefficient (Wildman–Crippen LogP) is 4.25. The first-order valence-corrected chi connectivity index (χ1v) is 9.20. The van der Waals surface area contributed by atoms with Gasteiger partial charge in [0.15, 0.2) is 6.79 Å². The van der Waals surface area contributed by atoms with Gasteiger partial charge in [0.25, 0.3) is 0 Å². The summed E-state index contributed by atoms with van der Waals surface area (Å²) in [5.74, 6) is 0.570. The first-order chi connectivity index (χ1) is 12.7. The molecular weight excluding hydrogens is 422 g/mol. The molecule has 7 heteroatoms. The highest BCUT2D eigenvalue weighted by molar-refractivity contribution is 9.10. The Labute approximate surface area is 166 Å². The van der Waals surface area contributed by atoms with Gasteiger partial charge in [0.05, 0.1) is 30.3 Å². The van der Waals surface area contributed by atoms with Crippen molar-refractivity contribution in [1.29, 1.82) is 0 Å². The molecule has 1 atom stereocenters. The van der Waals surface area contributed by atoms with Crippen molar-refractivity contribution in [1.82, 2.24) is 0 Å². The van der Waals surface area contributed by atoms with Crippen LogP contribution in [-0.4, -0.2) is 45.0 Å². The Morgan fingerprint density at radius 3 is 2.69 bits per heavy atom. The normalized spacial score (nSPS) is 12.5. The smallest absolute Gasteiger partial charge is 0.189 e. The molecule has 0 radical (unpaired) electrons. The van der Waals surface area contributed by atoms with Gasteiger partial charge in [-0.15, -0.1) is 0 Å². The maximum absolute atomic E-state index is 9.65. The number of benzene rings is 2. The third-order valence-corrected chi connectivity index (χ3v) is 4.31. The van der Waals surface area contributed by atoms with E-state index in [1.807, 2.05) is 30.3 Å². The molecule has 0 spiro atoms. The van der Waals surface area contributed by atoms with E-state index >= 15 is 0 Å². The SMILES string of the molecule is COCCOCOc1c(Br)cc(Cl)cc1C=N[C@H](CO)c1ccccc1. The van der Waals surface area contributed by atoms with Gasteiger partial charge in [0.1, 0.15) is 5.75 Å². The van der Waals surface area contributed by atoms with E-state index in [2.05, 4.69) is 20.9 Å². The minimum absolute atomic E-state index is 0.0759. The van der Waals surface area contributed by atoms with Gasteiger partial charge in [0.2, 0.25) is 0 Å². The van der Waals surface area contributed by atoms with Crippen LogP contribution in [0.1, 0.15) is 17.2 Å². The molecule has 1 N–H and O–H groups in total. The summed E-state index contributed by atoms with van der Waals surface area (Å²) < 4.78 is 16.7. The number of aliphatic hydroxyl groups excluding tert-OH is 1. The lowest BCUT2D eigenvalue weighted by Crippen LogP contribution is -2.09. The Kier molecular flexibility index (Phi) is 9.08. The largest absolute Gasteiger partial charge is 0.466 e. The van der Waals surface area contributed by atoms with Crippen LogP contribution in [0.4, 0.5) is 0 Å². The molecule has 0 heterocycles. The van der Waals surface area contributed by atoms with E-state index in [1.54, 1.807) is 25.5 Å². The maximum atomic E-state index is 9.65. The molecule has 2 aromatic carbocycles. The van der Waals surface area contributed by atoms with Crippen LogP contribution in [0.15, 0.2) is 51.9 Å². The maximum Gasteiger partial charge on any atom is 0.189 e. The third-order valence-electron chi connectivity index (χ3n) is 3.51. The number of nitrogens with zero attached hydrogens (tertiary/aromatic N) is 1. The molecule has 140 valence electrons. The van der Waals surface area contributed by atoms with Gasteiger partial charge in [0, 0.05) is 23.9 Å². The monoisotopic (exact) mass is 441 g/mol. The molecule has 0 saturated heterocycles. The Balaban J connectivity index is 2.16. The van der Waals surface area contributed by atoms with Crippen LogP contribution in [0.5, 0.6) is 5.75 Å². The van der Waals surface area contributed by atoms with Crippen molar-refractivity contribution >= 4 is 33.7 Å². The quantitative estimate of drug-likeness (QED) is 0.339. The van der Waals surface area contributed by atoms with E-state index in [0.717, 1.165) is 5.56 Å². The molecule has 2 rings (SSSR count). The average molecular weight is 443 g/mol. The van der Waals surface area contributed by atoms with Gasteiger partial charge in [-0.25, -0.2) is 0 Å². The highest BCUT2D eigenvalue weighted by Gasteiger charge is 2.11. The van der Waals surface area contributed by atoms with Crippen molar-refractivity contribution in [2.24, 2.45) is 4.99 Å². The standard InChI is InChI=1S/C19H21BrClNO4/c1-24-7-8-25-13-26-19-15(9-16(21)10-17(19)20)11-22-18(12-23)14-5-3-2-4-6-14/h2-6,9-11,18,23H,7-8,12-13H2,1H3/t18-/m1/s1. The number of rotatable bonds is 10. The zero-order valence-electron chi connectivity index (χ0n) is 14.4.